The summed E-state index contributed by atoms with van der Waals surface area (Å²) in [6, 6.07) is 5.05. The molecule has 1 aromatic rings. The molecule has 1 aliphatic rings. The van der Waals surface area contributed by atoms with E-state index in [1.54, 1.807) is 25.1 Å². The largest absolute Gasteiger partial charge is 0.481 e. The highest BCUT2D eigenvalue weighted by Crippen LogP contribution is 2.23. The number of rotatable bonds is 8. The van der Waals surface area contributed by atoms with Crippen LogP contribution in [0.3, 0.4) is 0 Å². The quantitative estimate of drug-likeness (QED) is 0.424. The Labute approximate surface area is 138 Å². The maximum absolute atomic E-state index is 11.9. The van der Waals surface area contributed by atoms with Crippen molar-refractivity contribution < 1.29 is 29.0 Å². The maximum Gasteiger partial charge on any atom is 0.354 e. The van der Waals surface area contributed by atoms with E-state index in [2.05, 4.69) is 10.5 Å². The number of esters is 2. The van der Waals surface area contributed by atoms with Crippen molar-refractivity contribution in [2.45, 2.75) is 32.8 Å². The van der Waals surface area contributed by atoms with Crippen LogP contribution in [0.4, 0.5) is 5.69 Å². The van der Waals surface area contributed by atoms with Crippen LogP contribution in [-0.2, 0) is 25.7 Å². The number of carbonyl (C=O) groups is 3. The number of nitrogens with one attached hydrogen (secondary N) is 1. The number of nitrogens with zero attached hydrogens (tertiary/aromatic N) is 1. The van der Waals surface area contributed by atoms with Gasteiger partial charge in [0.05, 0.1) is 17.9 Å². The van der Waals surface area contributed by atoms with Crippen LogP contribution in [0, 0.1) is 0 Å². The molecule has 0 spiro atoms. The zero-order chi connectivity index (χ0) is 17.5. The van der Waals surface area contributed by atoms with E-state index in [1.165, 1.54) is 0 Å². The van der Waals surface area contributed by atoms with Gasteiger partial charge < -0.3 is 14.6 Å². The number of hydrazone groups is 1. The minimum atomic E-state index is -0.941. The number of fused-ring (bicyclic) bond motifs is 1. The van der Waals surface area contributed by atoms with E-state index in [9.17, 15) is 14.4 Å². The van der Waals surface area contributed by atoms with Crippen molar-refractivity contribution in [1.29, 1.82) is 0 Å². The lowest BCUT2D eigenvalue weighted by molar-refractivity contribution is -0.137. The third-order valence-electron chi connectivity index (χ3n) is 3.32. The molecule has 128 valence electrons. The van der Waals surface area contributed by atoms with E-state index in [0.29, 0.717) is 11.3 Å². The highest BCUT2D eigenvalue weighted by Gasteiger charge is 2.21. The highest BCUT2D eigenvalue weighted by molar-refractivity contribution is 6.36. The van der Waals surface area contributed by atoms with Gasteiger partial charge >= 0.3 is 17.9 Å². The molecule has 0 unspecified atom stereocenters. The van der Waals surface area contributed by atoms with Crippen LogP contribution in [0.5, 0.6) is 0 Å². The van der Waals surface area contributed by atoms with Crippen LogP contribution in [0.2, 0.25) is 0 Å². The van der Waals surface area contributed by atoms with Crippen molar-refractivity contribution >= 4 is 29.3 Å². The number of carbonyl (C=O) groups excluding carboxylic acids is 2. The summed E-state index contributed by atoms with van der Waals surface area (Å²) in [4.78, 5) is 34.0. The molecular formula is C16H18N2O6. The molecule has 0 fully saturated rings. The number of cyclic esters (lactones) is 1. The van der Waals surface area contributed by atoms with Gasteiger partial charge in [-0.1, -0.05) is 6.07 Å². The van der Waals surface area contributed by atoms with Crippen LogP contribution in [0.25, 0.3) is 0 Å². The maximum atomic E-state index is 11.9. The zero-order valence-electron chi connectivity index (χ0n) is 13.2. The summed E-state index contributed by atoms with van der Waals surface area (Å²) in [7, 11) is 0. The van der Waals surface area contributed by atoms with Crippen molar-refractivity contribution in [1.82, 2.24) is 0 Å². The van der Waals surface area contributed by atoms with E-state index >= 15 is 0 Å². The van der Waals surface area contributed by atoms with E-state index < -0.39 is 17.9 Å². The molecule has 8 heteroatoms. The molecule has 0 radical (unpaired) electrons. The molecule has 2 rings (SSSR count). The minimum absolute atomic E-state index is 0.0664. The summed E-state index contributed by atoms with van der Waals surface area (Å²) in [5.74, 6) is -1.94. The molecule has 0 bridgehead atoms. The third-order valence-corrected chi connectivity index (χ3v) is 3.32. The van der Waals surface area contributed by atoms with Gasteiger partial charge in [0.15, 0.2) is 0 Å². The van der Waals surface area contributed by atoms with E-state index in [0.717, 1.165) is 5.56 Å². The Balaban J connectivity index is 2.08. The monoisotopic (exact) mass is 334 g/mol. The molecule has 0 aromatic heterocycles. The highest BCUT2D eigenvalue weighted by atomic mass is 16.5. The van der Waals surface area contributed by atoms with Gasteiger partial charge in [-0.15, -0.1) is 0 Å². The summed E-state index contributed by atoms with van der Waals surface area (Å²) >= 11 is 0. The van der Waals surface area contributed by atoms with Crippen LogP contribution < -0.4 is 5.43 Å². The summed E-state index contributed by atoms with van der Waals surface area (Å²) in [5, 5.41) is 12.7. The fourth-order valence-corrected chi connectivity index (χ4v) is 2.14. The normalized spacial score (nSPS) is 13.2. The van der Waals surface area contributed by atoms with Gasteiger partial charge in [-0.05, 0) is 31.9 Å². The lowest BCUT2D eigenvalue weighted by Crippen LogP contribution is -2.19. The van der Waals surface area contributed by atoms with E-state index in [-0.39, 0.29) is 38.2 Å². The first-order chi connectivity index (χ1) is 11.5. The van der Waals surface area contributed by atoms with Gasteiger partial charge in [-0.3, -0.25) is 10.2 Å². The molecule has 0 atom stereocenters. The number of hydrogen-bond donors (Lipinski definition) is 2. The first-order valence-corrected chi connectivity index (χ1v) is 7.52. The fraction of sp³-hybridized carbons (Fsp3) is 0.375. The average molecular weight is 334 g/mol. The van der Waals surface area contributed by atoms with Gasteiger partial charge in [0.1, 0.15) is 12.3 Å². The molecule has 0 saturated heterocycles. The standard InChI is InChI=1S/C16H18N2O6/c1-2-23-16(22)13(4-3-5-14(19)20)18-17-11-7-6-10-9-24-15(21)12(10)8-11/h6-8,17H,2-5,9H2,1H3,(H,19,20)/b18-13+. The molecule has 0 saturated carbocycles. The molecule has 1 aromatic carbocycles. The number of anilines is 1. The first kappa shape index (κ1) is 17.5. The average Bonchev–Trinajstić information content (AvgIpc) is 2.91. The van der Waals surface area contributed by atoms with Crippen LogP contribution in [-0.4, -0.2) is 35.3 Å². The Bertz CT molecular complexity index is 683. The van der Waals surface area contributed by atoms with Gasteiger partial charge in [0, 0.05) is 12.0 Å². The molecule has 2 N–H and O–H groups in total. The molecule has 0 amide bonds. The number of ether oxygens (including phenoxy) is 2. The molecule has 0 aliphatic carbocycles. The molecule has 1 heterocycles. The summed E-state index contributed by atoms with van der Waals surface area (Å²) in [6.07, 6.45) is 0.374. The Morgan fingerprint density at radius 1 is 1.38 bits per heavy atom. The van der Waals surface area contributed by atoms with Crippen molar-refractivity contribution in [3.05, 3.63) is 29.3 Å². The van der Waals surface area contributed by atoms with Gasteiger partial charge in [0.2, 0.25) is 0 Å². The second-order valence-electron chi connectivity index (χ2n) is 5.09. The number of benzene rings is 1. The third kappa shape index (κ3) is 4.55. The topological polar surface area (TPSA) is 114 Å². The Morgan fingerprint density at radius 3 is 2.88 bits per heavy atom. The molecular weight excluding hydrogens is 316 g/mol. The Hall–Kier alpha value is -2.90. The summed E-state index contributed by atoms with van der Waals surface area (Å²) in [6.45, 7) is 2.12. The molecule has 24 heavy (non-hydrogen) atoms. The second kappa shape index (κ2) is 8.09. The van der Waals surface area contributed by atoms with E-state index in [1.807, 2.05) is 0 Å². The van der Waals surface area contributed by atoms with Crippen molar-refractivity contribution in [2.24, 2.45) is 5.10 Å². The van der Waals surface area contributed by atoms with Crippen molar-refractivity contribution in [2.75, 3.05) is 12.0 Å². The predicted octanol–water partition coefficient (Wildman–Crippen LogP) is 1.94. The van der Waals surface area contributed by atoms with Crippen LogP contribution >= 0.6 is 0 Å². The predicted molar refractivity (Wildman–Crippen MR) is 84.7 cm³/mol. The lowest BCUT2D eigenvalue weighted by Gasteiger charge is -2.07. The number of carboxylic acid groups (broad SMARTS) is 1. The Kier molecular flexibility index (Phi) is 5.89. The number of hydrogen-bond acceptors (Lipinski definition) is 7. The van der Waals surface area contributed by atoms with Gasteiger partial charge in [-0.25, -0.2) is 9.59 Å². The van der Waals surface area contributed by atoms with Crippen LogP contribution in [0.15, 0.2) is 23.3 Å². The SMILES string of the molecule is CCOC(=O)/C(CCCC(=O)O)=N/Nc1ccc2c(c1)C(=O)OC2. The Morgan fingerprint density at radius 2 is 2.17 bits per heavy atom. The second-order valence-corrected chi connectivity index (χ2v) is 5.09. The smallest absolute Gasteiger partial charge is 0.354 e. The van der Waals surface area contributed by atoms with E-state index in [4.69, 9.17) is 14.6 Å². The van der Waals surface area contributed by atoms with Gasteiger partial charge in [0.25, 0.3) is 0 Å². The summed E-state index contributed by atoms with van der Waals surface area (Å²) in [5.41, 5.74) is 4.57. The lowest BCUT2D eigenvalue weighted by atomic mass is 10.1. The first-order valence-electron chi connectivity index (χ1n) is 7.52. The molecule has 8 nitrogen and oxygen atoms in total. The van der Waals surface area contributed by atoms with Crippen molar-refractivity contribution in [3.8, 4) is 0 Å². The molecule has 1 aliphatic heterocycles. The van der Waals surface area contributed by atoms with Crippen molar-refractivity contribution in [3.63, 3.8) is 0 Å². The zero-order valence-corrected chi connectivity index (χ0v) is 13.2. The minimum Gasteiger partial charge on any atom is -0.481 e. The van der Waals surface area contributed by atoms with Crippen LogP contribution in [0.1, 0.15) is 42.1 Å². The number of aliphatic carboxylic acids is 1. The number of carboxylic acids is 1. The van der Waals surface area contributed by atoms with Gasteiger partial charge in [-0.2, -0.15) is 5.10 Å². The summed E-state index contributed by atoms with van der Waals surface area (Å²) < 4.78 is 9.83. The fourth-order valence-electron chi connectivity index (χ4n) is 2.14.